The minimum absolute atomic E-state index is 0.0377. The average molecular weight is 433 g/mol. The largest absolute Gasteiger partial charge is 0.274 e. The second kappa shape index (κ2) is 7.81. The average Bonchev–Trinajstić information content (AvgIpc) is 3.25. The van der Waals surface area contributed by atoms with Gasteiger partial charge in [0.25, 0.3) is 0 Å². The van der Waals surface area contributed by atoms with Crippen LogP contribution in [0.4, 0.5) is 0 Å². The highest BCUT2D eigenvalue weighted by atomic mass is 32.2. The molecule has 0 amide bonds. The van der Waals surface area contributed by atoms with Gasteiger partial charge in [-0.25, -0.2) is 4.98 Å². The van der Waals surface area contributed by atoms with Crippen molar-refractivity contribution in [3.8, 4) is 22.5 Å². The molecule has 0 bridgehead atoms. The number of fused-ring (bicyclic) bond motifs is 2. The minimum atomic E-state index is 0.0377. The molecule has 5 aromatic rings. The van der Waals surface area contributed by atoms with Crippen molar-refractivity contribution in [2.24, 2.45) is 0 Å². The standard InChI is InChI=1S/C28H20N2OS/c31-25-18-24(23-17-9-15-19-10-7-8-16-22(19)23)32-28-29-26(20-11-3-1-4-12-20)27(30(25)28)21-13-5-2-6-14-21/h1-17,24H,18H2/t24-/m1/s1. The molecule has 154 valence electrons. The van der Waals surface area contributed by atoms with Crippen molar-refractivity contribution in [2.45, 2.75) is 16.8 Å². The van der Waals surface area contributed by atoms with Crippen LogP contribution in [0.25, 0.3) is 33.3 Å². The van der Waals surface area contributed by atoms with Crippen LogP contribution in [0, 0.1) is 0 Å². The van der Waals surface area contributed by atoms with E-state index in [0.717, 1.165) is 27.7 Å². The molecule has 3 nitrogen and oxygen atoms in total. The van der Waals surface area contributed by atoms with E-state index in [1.54, 1.807) is 11.8 Å². The summed E-state index contributed by atoms with van der Waals surface area (Å²) in [5.74, 6) is 0.0882. The molecule has 0 radical (unpaired) electrons. The van der Waals surface area contributed by atoms with Crippen LogP contribution in [-0.4, -0.2) is 15.5 Å². The van der Waals surface area contributed by atoms with Gasteiger partial charge in [0.15, 0.2) is 5.16 Å². The zero-order chi connectivity index (χ0) is 21.5. The lowest BCUT2D eigenvalue weighted by Crippen LogP contribution is -2.20. The van der Waals surface area contributed by atoms with Crippen LogP contribution in [0.1, 0.15) is 22.0 Å². The molecule has 0 aliphatic carbocycles. The van der Waals surface area contributed by atoms with E-state index in [1.807, 2.05) is 53.1 Å². The molecule has 0 saturated carbocycles. The fourth-order valence-corrected chi connectivity index (χ4v) is 5.75. The van der Waals surface area contributed by atoms with Gasteiger partial charge in [0.2, 0.25) is 5.91 Å². The first-order chi connectivity index (χ1) is 15.8. The van der Waals surface area contributed by atoms with Crippen molar-refractivity contribution >= 4 is 28.4 Å². The third-order valence-corrected chi connectivity index (χ3v) is 7.16. The van der Waals surface area contributed by atoms with Crippen molar-refractivity contribution in [3.63, 3.8) is 0 Å². The molecule has 0 N–H and O–H groups in total. The predicted molar refractivity (Wildman–Crippen MR) is 131 cm³/mol. The molecule has 6 rings (SSSR count). The van der Waals surface area contributed by atoms with Crippen LogP contribution < -0.4 is 0 Å². The van der Waals surface area contributed by atoms with Crippen LogP contribution in [0.5, 0.6) is 0 Å². The number of thioether (sulfide) groups is 1. The van der Waals surface area contributed by atoms with Gasteiger partial charge in [0, 0.05) is 22.8 Å². The van der Waals surface area contributed by atoms with E-state index in [0.29, 0.717) is 6.42 Å². The second-order valence-electron chi connectivity index (χ2n) is 7.93. The zero-order valence-corrected chi connectivity index (χ0v) is 18.1. The van der Waals surface area contributed by atoms with Gasteiger partial charge < -0.3 is 0 Å². The summed E-state index contributed by atoms with van der Waals surface area (Å²) in [6.45, 7) is 0. The number of hydrogen-bond acceptors (Lipinski definition) is 3. The molecule has 0 fully saturated rings. The van der Waals surface area contributed by atoms with Gasteiger partial charge in [-0.1, -0.05) is 115 Å². The number of rotatable bonds is 3. The lowest BCUT2D eigenvalue weighted by molar-refractivity contribution is 0.0888. The van der Waals surface area contributed by atoms with Crippen molar-refractivity contribution in [1.29, 1.82) is 0 Å². The lowest BCUT2D eigenvalue weighted by Gasteiger charge is -2.24. The molecule has 4 aromatic carbocycles. The first kappa shape index (κ1) is 19.1. The number of nitrogens with zero attached hydrogens (tertiary/aromatic N) is 2. The quantitative estimate of drug-likeness (QED) is 0.301. The summed E-state index contributed by atoms with van der Waals surface area (Å²) in [5.41, 5.74) is 4.94. The van der Waals surface area contributed by atoms with E-state index in [4.69, 9.17) is 4.98 Å². The van der Waals surface area contributed by atoms with E-state index < -0.39 is 0 Å². The summed E-state index contributed by atoms with van der Waals surface area (Å²) in [6, 6.07) is 34.9. The minimum Gasteiger partial charge on any atom is -0.274 e. The zero-order valence-electron chi connectivity index (χ0n) is 17.3. The molecular formula is C28H20N2OS. The summed E-state index contributed by atoms with van der Waals surface area (Å²) in [4.78, 5) is 18.6. The highest BCUT2D eigenvalue weighted by Gasteiger charge is 2.33. The van der Waals surface area contributed by atoms with E-state index in [2.05, 4.69) is 54.6 Å². The van der Waals surface area contributed by atoms with E-state index in [1.165, 1.54) is 16.3 Å². The maximum Gasteiger partial charge on any atom is 0.234 e. The molecular weight excluding hydrogens is 412 g/mol. The molecule has 1 aliphatic heterocycles. The number of carbonyl (C=O) groups excluding carboxylic acids is 1. The SMILES string of the molecule is O=C1C[C@H](c2cccc3ccccc23)Sc2nc(-c3ccccc3)c(-c3ccccc3)n21. The van der Waals surface area contributed by atoms with Gasteiger partial charge >= 0.3 is 0 Å². The Bertz CT molecular complexity index is 1440. The van der Waals surface area contributed by atoms with Crippen LogP contribution in [0.3, 0.4) is 0 Å². The summed E-state index contributed by atoms with van der Waals surface area (Å²) in [7, 11) is 0. The Labute approximate surface area is 190 Å². The first-order valence-corrected chi connectivity index (χ1v) is 11.6. The summed E-state index contributed by atoms with van der Waals surface area (Å²) >= 11 is 1.68. The fraction of sp³-hybridized carbons (Fsp3) is 0.0714. The Morgan fingerprint density at radius 1 is 0.750 bits per heavy atom. The summed E-state index contributed by atoms with van der Waals surface area (Å²) < 4.78 is 1.82. The highest BCUT2D eigenvalue weighted by Crippen LogP contribution is 2.47. The van der Waals surface area contributed by atoms with Gasteiger partial charge in [0.05, 0.1) is 11.4 Å². The summed E-state index contributed by atoms with van der Waals surface area (Å²) in [6.07, 6.45) is 0.441. The third kappa shape index (κ3) is 3.15. The van der Waals surface area contributed by atoms with Crippen LogP contribution in [0.15, 0.2) is 108 Å². The highest BCUT2D eigenvalue weighted by molar-refractivity contribution is 7.99. The monoisotopic (exact) mass is 432 g/mol. The molecule has 2 heterocycles. The maximum atomic E-state index is 13.6. The van der Waals surface area contributed by atoms with E-state index >= 15 is 0 Å². The molecule has 4 heteroatoms. The normalized spacial score (nSPS) is 15.6. The number of hydrogen-bond donors (Lipinski definition) is 0. The Balaban J connectivity index is 1.52. The van der Waals surface area contributed by atoms with Crippen molar-refractivity contribution in [3.05, 3.63) is 109 Å². The van der Waals surface area contributed by atoms with E-state index in [9.17, 15) is 4.79 Å². The van der Waals surface area contributed by atoms with Crippen LogP contribution in [-0.2, 0) is 0 Å². The van der Waals surface area contributed by atoms with Gasteiger partial charge in [-0.2, -0.15) is 0 Å². The Morgan fingerprint density at radius 2 is 1.41 bits per heavy atom. The molecule has 0 unspecified atom stereocenters. The lowest BCUT2D eigenvalue weighted by atomic mass is 10.00. The van der Waals surface area contributed by atoms with Crippen molar-refractivity contribution in [1.82, 2.24) is 9.55 Å². The smallest absolute Gasteiger partial charge is 0.234 e. The van der Waals surface area contributed by atoms with Gasteiger partial charge in [-0.05, 0) is 16.3 Å². The first-order valence-electron chi connectivity index (χ1n) is 10.7. The molecule has 0 spiro atoms. The molecule has 1 atom stereocenters. The Hall–Kier alpha value is -3.63. The molecule has 1 aromatic heterocycles. The molecule has 0 saturated heterocycles. The topological polar surface area (TPSA) is 34.9 Å². The molecule has 1 aliphatic rings. The van der Waals surface area contributed by atoms with Crippen molar-refractivity contribution < 1.29 is 4.79 Å². The fourth-order valence-electron chi connectivity index (χ4n) is 4.49. The number of carbonyl (C=O) groups is 1. The molecule has 32 heavy (non-hydrogen) atoms. The van der Waals surface area contributed by atoms with Crippen molar-refractivity contribution in [2.75, 3.05) is 0 Å². The number of imidazole rings is 1. The maximum absolute atomic E-state index is 13.6. The number of aromatic nitrogens is 2. The van der Waals surface area contributed by atoms with Gasteiger partial charge in [0.1, 0.15) is 0 Å². The van der Waals surface area contributed by atoms with Gasteiger partial charge in [-0.3, -0.25) is 9.36 Å². The Morgan fingerprint density at radius 3 is 2.19 bits per heavy atom. The number of benzene rings is 4. The van der Waals surface area contributed by atoms with E-state index in [-0.39, 0.29) is 11.2 Å². The van der Waals surface area contributed by atoms with Gasteiger partial charge in [-0.15, -0.1) is 0 Å². The second-order valence-corrected chi connectivity index (χ2v) is 9.10. The Kier molecular flexibility index (Phi) is 4.66. The predicted octanol–water partition coefficient (Wildman–Crippen LogP) is 7.25. The van der Waals surface area contributed by atoms with Crippen LogP contribution in [0.2, 0.25) is 0 Å². The summed E-state index contributed by atoms with van der Waals surface area (Å²) in [5, 5.41) is 3.20. The van der Waals surface area contributed by atoms with Crippen LogP contribution >= 0.6 is 11.8 Å². The third-order valence-electron chi connectivity index (χ3n) is 5.97.